The third-order valence-electron chi connectivity index (χ3n) is 5.23. The Morgan fingerprint density at radius 1 is 0.879 bits per heavy atom. The molecule has 0 amide bonds. The summed E-state index contributed by atoms with van der Waals surface area (Å²) in [5.74, 6) is -2.87. The van der Waals surface area contributed by atoms with E-state index < -0.39 is 17.4 Å². The fraction of sp³-hybridized carbons (Fsp3) is 0.0870. The number of fused-ring (bicyclic) bond motifs is 2. The number of rotatable bonds is 5. The van der Waals surface area contributed by atoms with Gasteiger partial charge in [-0.2, -0.15) is 0 Å². The molecule has 0 atom stereocenters. The molecule has 0 saturated heterocycles. The van der Waals surface area contributed by atoms with Crippen LogP contribution >= 0.6 is 0 Å². The Labute approximate surface area is 185 Å². The summed E-state index contributed by atoms with van der Waals surface area (Å²) >= 11 is 0. The molecule has 0 saturated carbocycles. The highest BCUT2D eigenvalue weighted by atomic mass is 16.5. The summed E-state index contributed by atoms with van der Waals surface area (Å²) in [5, 5.41) is 29.8. The van der Waals surface area contributed by atoms with Gasteiger partial charge in [0, 0.05) is 34.3 Å². The smallest absolute Gasteiger partial charge is 0.337 e. The average molecular weight is 451 g/mol. The molecule has 2 aromatic rings. The number of benzene rings is 3. The van der Waals surface area contributed by atoms with E-state index in [0.29, 0.717) is 10.9 Å². The first-order chi connectivity index (χ1) is 15.7. The molecule has 0 fully saturated rings. The van der Waals surface area contributed by atoms with Crippen molar-refractivity contribution in [1.82, 2.24) is 0 Å². The third kappa shape index (κ3) is 3.43. The lowest BCUT2D eigenvalue weighted by Gasteiger charge is -2.19. The van der Waals surface area contributed by atoms with Gasteiger partial charge in [-0.1, -0.05) is 0 Å². The lowest BCUT2D eigenvalue weighted by atomic mass is 9.89. The third-order valence-corrected chi connectivity index (χ3v) is 5.23. The van der Waals surface area contributed by atoms with Gasteiger partial charge in [-0.25, -0.2) is 9.59 Å². The minimum Gasteiger partial charge on any atom is -0.504 e. The second kappa shape index (κ2) is 7.75. The van der Waals surface area contributed by atoms with Crippen LogP contribution in [0, 0.1) is 0 Å². The standard InChI is InChI=1S/C23H17NO9/c1-31-19-5-12-17(7-15(19)25)33-18-8-16(26)20(32-2)6-13(18)21(12)9-4-14(24)11(23(29)30)3-10(9)22(27)28/h3-8,25H,24H2,1-2H3,(H,27,28)(H,29,30). The molecule has 5 N–H and O–H groups in total. The minimum atomic E-state index is -1.40. The molecular weight excluding hydrogens is 434 g/mol. The lowest BCUT2D eigenvalue weighted by Crippen LogP contribution is -2.10. The van der Waals surface area contributed by atoms with Gasteiger partial charge >= 0.3 is 11.9 Å². The molecule has 10 nitrogen and oxygen atoms in total. The maximum absolute atomic E-state index is 12.3. The molecule has 0 radical (unpaired) electrons. The van der Waals surface area contributed by atoms with E-state index in [1.54, 1.807) is 0 Å². The molecule has 2 aliphatic rings. The average Bonchev–Trinajstić information content (AvgIpc) is 2.76. The van der Waals surface area contributed by atoms with E-state index in [1.165, 1.54) is 44.6 Å². The zero-order valence-corrected chi connectivity index (χ0v) is 17.3. The monoisotopic (exact) mass is 451 g/mol. The van der Waals surface area contributed by atoms with Crippen LogP contribution in [-0.4, -0.2) is 41.5 Å². The van der Waals surface area contributed by atoms with E-state index >= 15 is 0 Å². The quantitative estimate of drug-likeness (QED) is 0.261. The van der Waals surface area contributed by atoms with Crippen molar-refractivity contribution in [2.75, 3.05) is 20.0 Å². The van der Waals surface area contributed by atoms with Crippen LogP contribution in [0.3, 0.4) is 0 Å². The number of hydrogen-bond acceptors (Lipinski definition) is 8. The van der Waals surface area contributed by atoms with Gasteiger partial charge in [0.2, 0.25) is 5.43 Å². The molecule has 2 aromatic carbocycles. The molecule has 168 valence electrons. The van der Waals surface area contributed by atoms with Crippen LogP contribution in [0.2, 0.25) is 0 Å². The number of carboxylic acids is 2. The normalized spacial score (nSPS) is 11.0. The number of hydrogen-bond donors (Lipinski definition) is 4. The van der Waals surface area contributed by atoms with E-state index in [1.807, 2.05) is 0 Å². The zero-order valence-electron chi connectivity index (χ0n) is 17.3. The van der Waals surface area contributed by atoms with E-state index in [9.17, 15) is 29.7 Å². The maximum Gasteiger partial charge on any atom is 0.337 e. The Morgan fingerprint density at radius 2 is 1.55 bits per heavy atom. The van der Waals surface area contributed by atoms with Crippen LogP contribution in [-0.2, 0) is 0 Å². The number of carbonyl (C=O) groups is 2. The number of aromatic hydroxyl groups is 1. The van der Waals surface area contributed by atoms with Gasteiger partial charge in [-0.3, -0.25) is 4.79 Å². The van der Waals surface area contributed by atoms with Gasteiger partial charge in [0.25, 0.3) is 0 Å². The van der Waals surface area contributed by atoms with Gasteiger partial charge in [0.15, 0.2) is 17.2 Å². The van der Waals surface area contributed by atoms with Crippen molar-refractivity contribution in [3.63, 3.8) is 0 Å². The highest BCUT2D eigenvalue weighted by Crippen LogP contribution is 2.45. The number of phenolic OH excluding ortho intramolecular Hbond substituents is 1. The molecule has 10 heteroatoms. The van der Waals surface area contributed by atoms with Crippen molar-refractivity contribution in [3.05, 3.63) is 57.7 Å². The molecule has 0 unspecified atom stereocenters. The first-order valence-electron chi connectivity index (χ1n) is 9.42. The number of anilines is 1. The number of nitrogens with two attached hydrogens (primary N) is 1. The van der Waals surface area contributed by atoms with Gasteiger partial charge in [-0.15, -0.1) is 0 Å². The molecular formula is C23H17NO9. The second-order valence-electron chi connectivity index (χ2n) is 7.09. The van der Waals surface area contributed by atoms with Crippen molar-refractivity contribution in [2.24, 2.45) is 0 Å². The summed E-state index contributed by atoms with van der Waals surface area (Å²) in [7, 11) is 2.65. The van der Waals surface area contributed by atoms with Crippen molar-refractivity contribution in [1.29, 1.82) is 0 Å². The van der Waals surface area contributed by atoms with Crippen molar-refractivity contribution in [2.45, 2.75) is 0 Å². The maximum atomic E-state index is 12.3. The summed E-state index contributed by atoms with van der Waals surface area (Å²) in [6.07, 6.45) is 0. The fourth-order valence-electron chi connectivity index (χ4n) is 3.71. The molecule has 1 aliphatic heterocycles. The van der Waals surface area contributed by atoms with E-state index in [4.69, 9.17) is 19.6 Å². The van der Waals surface area contributed by atoms with Crippen LogP contribution in [0.25, 0.3) is 33.4 Å². The number of carboxylic acid groups (broad SMARTS) is 2. The Morgan fingerprint density at radius 3 is 2.15 bits per heavy atom. The summed E-state index contributed by atoms with van der Waals surface area (Å²) in [4.78, 5) is 36.0. The largest absolute Gasteiger partial charge is 0.504 e. The molecule has 0 bridgehead atoms. The predicted molar refractivity (Wildman–Crippen MR) is 118 cm³/mol. The van der Waals surface area contributed by atoms with Crippen LogP contribution in [0.1, 0.15) is 20.7 Å². The summed E-state index contributed by atoms with van der Waals surface area (Å²) < 4.78 is 16.1. The minimum absolute atomic E-state index is 0.0175. The number of ether oxygens (including phenoxy) is 2. The number of methoxy groups -OCH3 is 2. The van der Waals surface area contributed by atoms with E-state index in [2.05, 4.69) is 0 Å². The van der Waals surface area contributed by atoms with E-state index in [-0.39, 0.29) is 56.5 Å². The predicted octanol–water partition coefficient (Wildman–Crippen LogP) is 3.27. The Balaban J connectivity index is 2.26. The van der Waals surface area contributed by atoms with Crippen LogP contribution in [0.5, 0.6) is 17.2 Å². The fourth-order valence-corrected chi connectivity index (χ4v) is 3.71. The van der Waals surface area contributed by atoms with Gasteiger partial charge in [0.05, 0.1) is 25.3 Å². The number of aromatic carboxylic acids is 2. The Kier molecular flexibility index (Phi) is 5.05. The number of phenols is 1. The molecule has 33 heavy (non-hydrogen) atoms. The van der Waals surface area contributed by atoms with Gasteiger partial charge in [-0.05, 0) is 29.8 Å². The SMILES string of the molecule is COc1cc2c(-c3cc(N)c(C(=O)O)cc3C(=O)O)c3cc(OC)c(=O)cc-3oc2cc1O. The molecule has 1 heterocycles. The number of nitrogen functional groups attached to an aromatic ring is 1. The summed E-state index contributed by atoms with van der Waals surface area (Å²) in [6, 6.07) is 7.47. The summed E-state index contributed by atoms with van der Waals surface area (Å²) in [5.41, 5.74) is 5.35. The van der Waals surface area contributed by atoms with Crippen molar-refractivity contribution in [3.8, 4) is 39.7 Å². The van der Waals surface area contributed by atoms with E-state index in [0.717, 1.165) is 6.07 Å². The molecule has 0 aromatic heterocycles. The van der Waals surface area contributed by atoms with Gasteiger partial charge in [0.1, 0.15) is 11.3 Å². The molecule has 4 rings (SSSR count). The highest BCUT2D eigenvalue weighted by molar-refractivity contribution is 6.10. The second-order valence-corrected chi connectivity index (χ2v) is 7.09. The van der Waals surface area contributed by atoms with Crippen LogP contribution in [0.15, 0.2) is 45.6 Å². The first-order valence-corrected chi connectivity index (χ1v) is 9.42. The molecule has 0 spiro atoms. The first kappa shape index (κ1) is 21.5. The molecule has 1 aliphatic carbocycles. The van der Waals surface area contributed by atoms with Gasteiger partial charge < -0.3 is 34.9 Å². The lowest BCUT2D eigenvalue weighted by molar-refractivity contribution is 0.0696. The van der Waals surface area contributed by atoms with Crippen molar-refractivity contribution >= 4 is 28.6 Å². The highest BCUT2D eigenvalue weighted by Gasteiger charge is 2.26. The van der Waals surface area contributed by atoms with Crippen LogP contribution < -0.4 is 20.6 Å². The summed E-state index contributed by atoms with van der Waals surface area (Å²) in [6.45, 7) is 0. The van der Waals surface area contributed by atoms with Crippen LogP contribution in [0.4, 0.5) is 5.69 Å². The van der Waals surface area contributed by atoms with Crippen molar-refractivity contribution < 1.29 is 38.8 Å². The Bertz CT molecular complexity index is 1490. The topological polar surface area (TPSA) is 170 Å². The Hall–Kier alpha value is -4.73. The zero-order chi connectivity index (χ0) is 24.0.